The van der Waals surface area contributed by atoms with Gasteiger partial charge in [0.15, 0.2) is 0 Å². The molecule has 0 aliphatic rings. The van der Waals surface area contributed by atoms with Crippen molar-refractivity contribution in [2.24, 2.45) is 10.2 Å². The Kier molecular flexibility index (Phi) is 5.85. The molecule has 2 aromatic carbocycles. The van der Waals surface area contributed by atoms with Gasteiger partial charge in [0.2, 0.25) is 9.60 Å². The van der Waals surface area contributed by atoms with Gasteiger partial charge in [0, 0.05) is 13.1 Å². The molecule has 32 heavy (non-hydrogen) atoms. The van der Waals surface area contributed by atoms with Gasteiger partial charge < -0.3 is 9.13 Å². The van der Waals surface area contributed by atoms with Crippen LogP contribution < -0.4 is 9.60 Å². The first-order chi connectivity index (χ1) is 15.0. The van der Waals surface area contributed by atoms with Crippen molar-refractivity contribution >= 4 is 63.3 Å². The summed E-state index contributed by atoms with van der Waals surface area (Å²) in [7, 11) is -8.63. The van der Waals surface area contributed by atoms with Crippen molar-refractivity contribution in [2.45, 2.75) is 36.7 Å². The Hall–Kier alpha value is -2.36. The molecule has 0 aliphatic carbocycles. The van der Waals surface area contributed by atoms with E-state index in [1.165, 1.54) is 46.9 Å². The third-order valence-electron chi connectivity index (χ3n) is 4.76. The highest BCUT2D eigenvalue weighted by Crippen LogP contribution is 2.23. The predicted molar refractivity (Wildman–Crippen MR) is 122 cm³/mol. The predicted octanol–water partition coefficient (Wildman–Crippen LogP) is 2.67. The number of thiazole rings is 2. The first-order valence-corrected chi connectivity index (χ1v) is 13.8. The van der Waals surface area contributed by atoms with Gasteiger partial charge >= 0.3 is 0 Å². The largest absolute Gasteiger partial charge is 0.315 e. The number of benzene rings is 2. The zero-order valence-corrected chi connectivity index (χ0v) is 20.1. The summed E-state index contributed by atoms with van der Waals surface area (Å²) < 4.78 is 69.4. The van der Waals surface area contributed by atoms with Crippen molar-refractivity contribution < 1.29 is 25.9 Å². The molecule has 0 saturated carbocycles. The molecule has 4 rings (SSSR count). The van der Waals surface area contributed by atoms with Crippen LogP contribution in [0.25, 0.3) is 20.4 Å². The van der Waals surface area contributed by atoms with E-state index in [-0.39, 0.29) is 9.79 Å². The summed E-state index contributed by atoms with van der Waals surface area (Å²) >= 11 is 2.47. The van der Waals surface area contributed by atoms with Gasteiger partial charge in [0.1, 0.15) is 0 Å². The minimum absolute atomic E-state index is 0.194. The van der Waals surface area contributed by atoms with Crippen molar-refractivity contribution in [3.8, 4) is 0 Å². The molecule has 0 radical (unpaired) electrons. The highest BCUT2D eigenvalue weighted by atomic mass is 32.2. The van der Waals surface area contributed by atoms with E-state index in [0.717, 1.165) is 11.0 Å². The van der Waals surface area contributed by atoms with Crippen molar-refractivity contribution in [1.82, 2.24) is 9.13 Å². The Morgan fingerprint density at radius 1 is 0.750 bits per heavy atom. The van der Waals surface area contributed by atoms with Crippen LogP contribution >= 0.6 is 22.7 Å². The zero-order chi connectivity index (χ0) is 23.3. The van der Waals surface area contributed by atoms with Crippen LogP contribution in [0.3, 0.4) is 0 Å². The molecule has 0 spiro atoms. The van der Waals surface area contributed by atoms with Gasteiger partial charge in [-0.15, -0.1) is 10.2 Å². The molecule has 0 aliphatic heterocycles. The molecule has 0 unspecified atom stereocenters. The molecule has 0 atom stereocenters. The quantitative estimate of drug-likeness (QED) is 0.310. The molecular formula is C18H18N4O6S4. The molecule has 2 aromatic heterocycles. The Labute approximate surface area is 190 Å². The minimum Gasteiger partial charge on any atom is -0.315 e. The standard InChI is InChI=1S/C18H18N4O6S4/c1-3-21-13-7-5-11(31(23,24)25)9-15(13)29-17(21)19-20-18-22(4-2)14-8-6-12(32(26,27)28)10-16(14)30-18/h5-10H,3-4H2,1-2H3,(H,23,24,25)(H,26,27,28)/b19-17+,20-18?. The Morgan fingerprint density at radius 3 is 1.44 bits per heavy atom. The van der Waals surface area contributed by atoms with Crippen LogP contribution in [-0.4, -0.2) is 35.1 Å². The lowest BCUT2D eigenvalue weighted by Gasteiger charge is -2.01. The van der Waals surface area contributed by atoms with Crippen molar-refractivity contribution in [3.63, 3.8) is 0 Å². The lowest BCUT2D eigenvalue weighted by molar-refractivity contribution is 0.481. The number of hydrogen-bond acceptors (Lipinski definition) is 8. The molecule has 4 aromatic rings. The number of hydrogen-bond donors (Lipinski definition) is 2. The summed E-state index contributed by atoms with van der Waals surface area (Å²) in [5.74, 6) is 0. The maximum absolute atomic E-state index is 11.4. The summed E-state index contributed by atoms with van der Waals surface area (Å²) in [6.45, 7) is 4.98. The van der Waals surface area contributed by atoms with Crippen LogP contribution in [0.2, 0.25) is 0 Å². The molecule has 2 heterocycles. The van der Waals surface area contributed by atoms with E-state index in [9.17, 15) is 25.9 Å². The van der Waals surface area contributed by atoms with Gasteiger partial charge in [0.05, 0.1) is 30.2 Å². The van der Waals surface area contributed by atoms with E-state index in [4.69, 9.17) is 0 Å². The lowest BCUT2D eigenvalue weighted by atomic mass is 10.3. The fraction of sp³-hybridized carbons (Fsp3) is 0.222. The van der Waals surface area contributed by atoms with Crippen LogP contribution in [-0.2, 0) is 33.3 Å². The third-order valence-corrected chi connectivity index (χ3v) is 8.52. The lowest BCUT2D eigenvalue weighted by Crippen LogP contribution is -2.16. The fourth-order valence-electron chi connectivity index (χ4n) is 3.28. The molecule has 0 amide bonds. The van der Waals surface area contributed by atoms with E-state index < -0.39 is 20.2 Å². The van der Waals surface area contributed by atoms with Gasteiger partial charge in [0.25, 0.3) is 20.2 Å². The number of nitrogens with zero attached hydrogens (tertiary/aromatic N) is 4. The summed E-state index contributed by atoms with van der Waals surface area (Å²) in [6.07, 6.45) is 0. The van der Waals surface area contributed by atoms with Crippen LogP contribution in [0.4, 0.5) is 0 Å². The molecule has 2 N–H and O–H groups in total. The molecule has 170 valence electrons. The van der Waals surface area contributed by atoms with Gasteiger partial charge in [-0.25, -0.2) is 0 Å². The molecule has 0 saturated heterocycles. The Balaban J connectivity index is 1.93. The van der Waals surface area contributed by atoms with Crippen LogP contribution in [0, 0.1) is 0 Å². The second kappa shape index (κ2) is 8.20. The van der Waals surface area contributed by atoms with E-state index in [0.29, 0.717) is 32.1 Å². The van der Waals surface area contributed by atoms with Gasteiger partial charge in [-0.1, -0.05) is 22.7 Å². The number of aryl methyl sites for hydroxylation is 2. The highest BCUT2D eigenvalue weighted by molar-refractivity contribution is 7.86. The topological polar surface area (TPSA) is 143 Å². The maximum Gasteiger partial charge on any atom is 0.294 e. The van der Waals surface area contributed by atoms with Gasteiger partial charge in [-0.2, -0.15) is 16.8 Å². The molecule has 14 heteroatoms. The maximum atomic E-state index is 11.4. The smallest absolute Gasteiger partial charge is 0.294 e. The highest BCUT2D eigenvalue weighted by Gasteiger charge is 2.14. The average Bonchev–Trinajstić information content (AvgIpc) is 3.26. The summed E-state index contributed by atoms with van der Waals surface area (Å²) in [4.78, 5) is 0.685. The molecule has 0 fully saturated rings. The van der Waals surface area contributed by atoms with Crippen molar-refractivity contribution in [1.29, 1.82) is 0 Å². The van der Waals surface area contributed by atoms with Crippen LogP contribution in [0.1, 0.15) is 13.8 Å². The monoisotopic (exact) mass is 514 g/mol. The van der Waals surface area contributed by atoms with Crippen molar-refractivity contribution in [2.75, 3.05) is 0 Å². The first-order valence-electron chi connectivity index (χ1n) is 9.32. The van der Waals surface area contributed by atoms with Crippen LogP contribution in [0.15, 0.2) is 56.4 Å². The summed E-state index contributed by atoms with van der Waals surface area (Å²) in [5.41, 5.74) is 1.52. The summed E-state index contributed by atoms with van der Waals surface area (Å²) in [5, 5.41) is 8.74. The van der Waals surface area contributed by atoms with E-state index in [1.54, 1.807) is 12.1 Å². The van der Waals surface area contributed by atoms with Gasteiger partial charge in [-0.3, -0.25) is 9.11 Å². The SMILES string of the molecule is CCn1c(=N/N=c2/sc3cc(S(=O)(=O)O)ccc3n2CC)sc2cc(S(=O)(=O)O)ccc21. The fourth-order valence-corrected chi connectivity index (χ4v) is 6.61. The van der Waals surface area contributed by atoms with E-state index >= 15 is 0 Å². The number of aromatic nitrogens is 2. The van der Waals surface area contributed by atoms with Crippen LogP contribution in [0.5, 0.6) is 0 Å². The van der Waals surface area contributed by atoms with Crippen molar-refractivity contribution in [3.05, 3.63) is 46.0 Å². The van der Waals surface area contributed by atoms with Gasteiger partial charge in [-0.05, 0) is 50.2 Å². The zero-order valence-electron chi connectivity index (χ0n) is 16.8. The number of rotatable bonds is 5. The third kappa shape index (κ3) is 4.16. The molecule has 0 bridgehead atoms. The normalized spacial score (nSPS) is 14.1. The second-order valence-corrected chi connectivity index (χ2v) is 11.5. The number of fused-ring (bicyclic) bond motifs is 2. The van der Waals surface area contributed by atoms with E-state index in [2.05, 4.69) is 10.2 Å². The summed E-state index contributed by atoms with van der Waals surface area (Å²) in [6, 6.07) is 8.68. The van der Waals surface area contributed by atoms with E-state index in [1.807, 2.05) is 23.0 Å². The Bertz CT molecular complexity index is 1580. The molecular weight excluding hydrogens is 496 g/mol. The second-order valence-electron chi connectivity index (χ2n) is 6.67. The average molecular weight is 515 g/mol. The molecule has 10 nitrogen and oxygen atoms in total. The Morgan fingerprint density at radius 2 is 1.12 bits per heavy atom. The minimum atomic E-state index is -4.32. The first kappa shape index (κ1) is 22.8.